The number of hydrogen-bond donors (Lipinski definition) is 1. The minimum absolute atomic E-state index is 0.176. The first-order valence-electron chi connectivity index (χ1n) is 9.59. The molecule has 5 nitrogen and oxygen atoms in total. The Bertz CT molecular complexity index is 1430. The van der Waals surface area contributed by atoms with Gasteiger partial charge in [0.15, 0.2) is 0 Å². The van der Waals surface area contributed by atoms with Gasteiger partial charge in [-0.3, -0.25) is 9.71 Å². The number of hydrogen-bond acceptors (Lipinski definition) is 4. The molecule has 6 heteroatoms. The van der Waals surface area contributed by atoms with E-state index in [0.29, 0.717) is 22.4 Å². The van der Waals surface area contributed by atoms with E-state index in [-0.39, 0.29) is 4.90 Å². The van der Waals surface area contributed by atoms with Gasteiger partial charge in [0.25, 0.3) is 10.0 Å². The molecule has 0 saturated carbocycles. The Morgan fingerprint density at radius 3 is 2.42 bits per heavy atom. The number of anilines is 1. The number of nitrogens with one attached hydrogen (secondary N) is 1. The van der Waals surface area contributed by atoms with Crippen LogP contribution in [0.25, 0.3) is 10.8 Å². The van der Waals surface area contributed by atoms with Crippen molar-refractivity contribution in [3.8, 4) is 17.6 Å². The first-order chi connectivity index (χ1) is 15.0. The highest BCUT2D eigenvalue weighted by atomic mass is 32.2. The fourth-order valence-electron chi connectivity index (χ4n) is 3.30. The first-order valence-corrected chi connectivity index (χ1v) is 11.1. The Kier molecular flexibility index (Phi) is 5.61. The van der Waals surface area contributed by atoms with E-state index in [1.807, 2.05) is 31.2 Å². The van der Waals surface area contributed by atoms with Crippen molar-refractivity contribution < 1.29 is 13.2 Å². The zero-order valence-corrected chi connectivity index (χ0v) is 17.9. The number of fused-ring (bicyclic) bond motifs is 1. The normalized spacial score (nSPS) is 10.9. The Morgan fingerprint density at radius 2 is 1.65 bits per heavy atom. The Balaban J connectivity index is 1.73. The topological polar surface area (TPSA) is 68.3 Å². The number of sulfonamides is 1. The molecule has 1 heterocycles. The van der Waals surface area contributed by atoms with Gasteiger partial charge in [0, 0.05) is 34.3 Å². The standard InChI is InChI=1S/C25H20N2O3S/c1-18-15-19(17-26-16-18)11-12-20-7-3-6-10-23(20)27-31(28,29)25-14-13-24(30-2)21-8-4-5-9-22(21)25/h3-10,13-17,27H,1-2H3. The highest BCUT2D eigenvalue weighted by Gasteiger charge is 2.20. The maximum absolute atomic E-state index is 13.3. The number of aryl methyl sites for hydroxylation is 1. The highest BCUT2D eigenvalue weighted by molar-refractivity contribution is 7.93. The molecule has 0 fully saturated rings. The van der Waals surface area contributed by atoms with Crippen molar-refractivity contribution in [2.75, 3.05) is 11.8 Å². The van der Waals surface area contributed by atoms with Crippen LogP contribution in [0.4, 0.5) is 5.69 Å². The van der Waals surface area contributed by atoms with Gasteiger partial charge in [-0.05, 0) is 42.8 Å². The van der Waals surface area contributed by atoms with Crippen LogP contribution in [0.3, 0.4) is 0 Å². The molecule has 0 spiro atoms. The van der Waals surface area contributed by atoms with Crippen molar-refractivity contribution in [3.05, 3.63) is 95.8 Å². The number of para-hydroxylation sites is 1. The van der Waals surface area contributed by atoms with E-state index in [1.54, 1.807) is 62.0 Å². The van der Waals surface area contributed by atoms with Crippen LogP contribution in [0.5, 0.6) is 5.75 Å². The molecule has 3 aromatic carbocycles. The van der Waals surface area contributed by atoms with Crippen molar-refractivity contribution in [1.29, 1.82) is 0 Å². The minimum Gasteiger partial charge on any atom is -0.496 e. The fraction of sp³-hybridized carbons (Fsp3) is 0.0800. The van der Waals surface area contributed by atoms with Crippen molar-refractivity contribution in [2.45, 2.75) is 11.8 Å². The lowest BCUT2D eigenvalue weighted by Crippen LogP contribution is -2.14. The van der Waals surface area contributed by atoms with Gasteiger partial charge in [-0.25, -0.2) is 8.42 Å². The van der Waals surface area contributed by atoms with Crippen molar-refractivity contribution >= 4 is 26.5 Å². The first kappa shape index (κ1) is 20.5. The molecule has 0 aliphatic rings. The molecule has 4 aromatic rings. The maximum Gasteiger partial charge on any atom is 0.262 e. The molecule has 31 heavy (non-hydrogen) atoms. The summed E-state index contributed by atoms with van der Waals surface area (Å²) in [5, 5.41) is 1.32. The monoisotopic (exact) mass is 428 g/mol. The summed E-state index contributed by atoms with van der Waals surface area (Å²) in [5.74, 6) is 6.72. The Hall–Kier alpha value is -3.82. The average molecular weight is 429 g/mol. The molecule has 0 atom stereocenters. The summed E-state index contributed by atoms with van der Waals surface area (Å²) in [6.07, 6.45) is 3.43. The van der Waals surface area contributed by atoms with Crippen LogP contribution >= 0.6 is 0 Å². The van der Waals surface area contributed by atoms with Crippen molar-refractivity contribution in [1.82, 2.24) is 4.98 Å². The highest BCUT2D eigenvalue weighted by Crippen LogP contribution is 2.32. The molecule has 0 radical (unpaired) electrons. The largest absolute Gasteiger partial charge is 0.496 e. The number of aromatic nitrogens is 1. The summed E-state index contributed by atoms with van der Waals surface area (Å²) in [6, 6.07) is 19.4. The lowest BCUT2D eigenvalue weighted by Gasteiger charge is -2.13. The molecule has 4 rings (SSSR count). The van der Waals surface area contributed by atoms with Gasteiger partial charge in [-0.2, -0.15) is 0 Å². The summed E-state index contributed by atoms with van der Waals surface area (Å²) in [5.41, 5.74) is 2.76. The lowest BCUT2D eigenvalue weighted by molar-refractivity contribution is 0.419. The summed E-state index contributed by atoms with van der Waals surface area (Å²) in [7, 11) is -2.30. The Morgan fingerprint density at radius 1 is 0.903 bits per heavy atom. The second kappa shape index (κ2) is 8.50. The molecule has 0 aliphatic heterocycles. The van der Waals surface area contributed by atoms with Crippen LogP contribution in [-0.4, -0.2) is 20.5 Å². The third-order valence-electron chi connectivity index (χ3n) is 4.74. The predicted molar refractivity (Wildman–Crippen MR) is 123 cm³/mol. The Labute approximate surface area is 181 Å². The van der Waals surface area contributed by atoms with Crippen LogP contribution in [0.2, 0.25) is 0 Å². The zero-order chi connectivity index (χ0) is 21.8. The minimum atomic E-state index is -3.86. The molecule has 0 aliphatic carbocycles. The fourth-order valence-corrected chi connectivity index (χ4v) is 4.59. The van der Waals surface area contributed by atoms with E-state index in [9.17, 15) is 8.42 Å². The lowest BCUT2D eigenvalue weighted by atomic mass is 10.1. The van der Waals surface area contributed by atoms with Crippen LogP contribution in [0.15, 0.2) is 84.0 Å². The van der Waals surface area contributed by atoms with E-state index in [2.05, 4.69) is 21.5 Å². The van der Waals surface area contributed by atoms with E-state index >= 15 is 0 Å². The van der Waals surface area contributed by atoms with E-state index in [0.717, 1.165) is 16.5 Å². The SMILES string of the molecule is COc1ccc(S(=O)(=O)Nc2ccccc2C#Cc2cncc(C)c2)c2ccccc12. The van der Waals surface area contributed by atoms with Crippen LogP contribution < -0.4 is 9.46 Å². The van der Waals surface area contributed by atoms with Gasteiger partial charge < -0.3 is 4.74 Å². The second-order valence-electron chi connectivity index (χ2n) is 6.96. The van der Waals surface area contributed by atoms with E-state index in [1.165, 1.54) is 0 Å². The molecule has 1 aromatic heterocycles. The third-order valence-corrected chi connectivity index (χ3v) is 6.17. The number of methoxy groups -OCH3 is 1. The van der Waals surface area contributed by atoms with Crippen LogP contribution in [0.1, 0.15) is 16.7 Å². The summed E-state index contributed by atoms with van der Waals surface area (Å²) in [6.45, 7) is 1.94. The molecular formula is C25H20N2O3S. The number of rotatable bonds is 4. The predicted octanol–water partition coefficient (Wildman–Crippen LogP) is 4.75. The molecule has 0 unspecified atom stereocenters. The number of pyridine rings is 1. The van der Waals surface area contributed by atoms with Gasteiger partial charge in [0.05, 0.1) is 17.7 Å². The summed E-state index contributed by atoms with van der Waals surface area (Å²) in [4.78, 5) is 4.31. The van der Waals surface area contributed by atoms with Gasteiger partial charge in [-0.15, -0.1) is 0 Å². The molecule has 0 bridgehead atoms. The third kappa shape index (κ3) is 4.37. The van der Waals surface area contributed by atoms with Crippen LogP contribution in [0, 0.1) is 18.8 Å². The zero-order valence-electron chi connectivity index (χ0n) is 17.1. The van der Waals surface area contributed by atoms with E-state index in [4.69, 9.17) is 4.74 Å². The number of ether oxygens (including phenoxy) is 1. The van der Waals surface area contributed by atoms with Crippen LogP contribution in [-0.2, 0) is 10.0 Å². The molecule has 0 amide bonds. The summed E-state index contributed by atoms with van der Waals surface area (Å²) >= 11 is 0. The van der Waals surface area contributed by atoms with Crippen molar-refractivity contribution in [2.24, 2.45) is 0 Å². The van der Waals surface area contributed by atoms with Gasteiger partial charge in [0.2, 0.25) is 0 Å². The molecule has 1 N–H and O–H groups in total. The molecular weight excluding hydrogens is 408 g/mol. The second-order valence-corrected chi connectivity index (χ2v) is 8.61. The smallest absolute Gasteiger partial charge is 0.262 e. The van der Waals surface area contributed by atoms with E-state index < -0.39 is 10.0 Å². The summed E-state index contributed by atoms with van der Waals surface area (Å²) < 4.78 is 34.6. The average Bonchev–Trinajstić information content (AvgIpc) is 2.77. The quantitative estimate of drug-likeness (QED) is 0.476. The van der Waals surface area contributed by atoms with Gasteiger partial charge in [-0.1, -0.05) is 48.2 Å². The van der Waals surface area contributed by atoms with Crippen molar-refractivity contribution in [3.63, 3.8) is 0 Å². The van der Waals surface area contributed by atoms with Gasteiger partial charge >= 0.3 is 0 Å². The maximum atomic E-state index is 13.3. The number of benzene rings is 3. The molecule has 154 valence electrons. The number of nitrogens with zero attached hydrogens (tertiary/aromatic N) is 1. The van der Waals surface area contributed by atoms with Gasteiger partial charge in [0.1, 0.15) is 5.75 Å². The molecule has 0 saturated heterocycles.